The van der Waals surface area contributed by atoms with E-state index in [0.29, 0.717) is 17.6 Å². The van der Waals surface area contributed by atoms with Crippen molar-refractivity contribution in [2.24, 2.45) is 0 Å². The van der Waals surface area contributed by atoms with Crippen molar-refractivity contribution in [1.29, 1.82) is 0 Å². The number of rotatable bonds is 0. The van der Waals surface area contributed by atoms with Crippen LogP contribution in [0, 0.1) is 0 Å². The predicted octanol–water partition coefficient (Wildman–Crippen LogP) is 0.373. The van der Waals surface area contributed by atoms with Crippen molar-refractivity contribution in [3.8, 4) is 0 Å². The molecule has 2 unspecified atom stereocenters. The number of piperazine rings is 2. The van der Waals surface area contributed by atoms with Crippen molar-refractivity contribution in [2.75, 3.05) is 33.2 Å². The zero-order valence-corrected chi connectivity index (χ0v) is 9.88. The lowest BCUT2D eigenvalue weighted by molar-refractivity contribution is 0.0285. The van der Waals surface area contributed by atoms with E-state index in [1.54, 1.807) is 0 Å². The van der Waals surface area contributed by atoms with Crippen LogP contribution in [0.4, 0.5) is 0 Å². The highest BCUT2D eigenvalue weighted by Crippen LogP contribution is 2.20. The summed E-state index contributed by atoms with van der Waals surface area (Å²) < 4.78 is 0. The first-order valence-corrected chi connectivity index (χ1v) is 5.65. The molecule has 1 N–H and O–H groups in total. The molecule has 2 saturated heterocycles. The average molecular weight is 197 g/mol. The van der Waals surface area contributed by atoms with Gasteiger partial charge in [0.05, 0.1) is 0 Å². The first-order valence-electron chi connectivity index (χ1n) is 5.65. The highest BCUT2D eigenvalue weighted by atomic mass is 15.3. The van der Waals surface area contributed by atoms with E-state index in [1.165, 1.54) is 26.2 Å². The average Bonchev–Trinajstić information content (AvgIpc) is 1.99. The third-order valence-electron chi connectivity index (χ3n) is 3.37. The second kappa shape index (κ2) is 3.47. The quantitative estimate of drug-likeness (QED) is 0.605. The van der Waals surface area contributed by atoms with E-state index in [2.05, 4.69) is 42.9 Å². The van der Waals surface area contributed by atoms with Gasteiger partial charge in [0.25, 0.3) is 0 Å². The van der Waals surface area contributed by atoms with E-state index >= 15 is 0 Å². The van der Waals surface area contributed by atoms with Crippen LogP contribution < -0.4 is 5.32 Å². The number of nitrogens with zero attached hydrogens (tertiary/aromatic N) is 2. The smallest absolute Gasteiger partial charge is 0.0326 e. The molecule has 0 aromatic rings. The Bertz CT molecular complexity index is 191. The maximum absolute atomic E-state index is 3.70. The van der Waals surface area contributed by atoms with Gasteiger partial charge in [0.15, 0.2) is 0 Å². The van der Waals surface area contributed by atoms with Crippen molar-refractivity contribution in [3.05, 3.63) is 0 Å². The lowest BCUT2D eigenvalue weighted by Gasteiger charge is -2.50. The van der Waals surface area contributed by atoms with Gasteiger partial charge in [-0.2, -0.15) is 0 Å². The van der Waals surface area contributed by atoms with Crippen LogP contribution in [-0.4, -0.2) is 60.6 Å². The Morgan fingerprint density at radius 2 is 1.50 bits per heavy atom. The highest BCUT2D eigenvalue weighted by molar-refractivity contribution is 4.96. The molecule has 82 valence electrons. The molecule has 14 heavy (non-hydrogen) atoms. The molecule has 2 heterocycles. The third kappa shape index (κ3) is 2.10. The molecule has 2 bridgehead atoms. The van der Waals surface area contributed by atoms with Crippen LogP contribution in [0.2, 0.25) is 0 Å². The fraction of sp³-hybridized carbons (Fsp3) is 1.00. The van der Waals surface area contributed by atoms with Gasteiger partial charge in [0.1, 0.15) is 0 Å². The minimum atomic E-state index is 0.328. The molecule has 0 spiro atoms. The lowest BCUT2D eigenvalue weighted by Crippen LogP contribution is -2.68. The maximum Gasteiger partial charge on any atom is 0.0326 e. The SMILES string of the molecule is CN1CC2CN(C(C)(C)C)CC(C1)N2. The van der Waals surface area contributed by atoms with Crippen LogP contribution >= 0.6 is 0 Å². The number of hydrogen-bond donors (Lipinski definition) is 1. The van der Waals surface area contributed by atoms with Gasteiger partial charge in [-0.15, -0.1) is 0 Å². The molecule has 2 atom stereocenters. The summed E-state index contributed by atoms with van der Waals surface area (Å²) in [4.78, 5) is 5.07. The minimum Gasteiger partial charge on any atom is -0.306 e. The number of fused-ring (bicyclic) bond motifs is 2. The van der Waals surface area contributed by atoms with E-state index in [1.807, 2.05) is 0 Å². The largest absolute Gasteiger partial charge is 0.306 e. The van der Waals surface area contributed by atoms with Gasteiger partial charge in [0, 0.05) is 43.8 Å². The Morgan fingerprint density at radius 3 is 1.93 bits per heavy atom. The second-order valence-corrected chi connectivity index (χ2v) is 5.86. The zero-order valence-electron chi connectivity index (χ0n) is 9.88. The number of likely N-dealkylation sites (N-methyl/N-ethyl adjacent to an activating group) is 1. The molecular formula is C11H23N3. The number of nitrogens with one attached hydrogen (secondary N) is 1. The summed E-state index contributed by atoms with van der Waals surface area (Å²) in [6.07, 6.45) is 0. The Labute approximate surface area is 87.4 Å². The van der Waals surface area contributed by atoms with E-state index < -0.39 is 0 Å². The standard InChI is InChI=1S/C11H23N3/c1-11(2,3)14-7-9-5-13(4)6-10(8-14)12-9/h9-10,12H,5-8H2,1-4H3. The molecule has 2 rings (SSSR count). The molecular weight excluding hydrogens is 174 g/mol. The Kier molecular flexibility index (Phi) is 2.58. The Hall–Kier alpha value is -0.120. The summed E-state index contributed by atoms with van der Waals surface area (Å²) in [5, 5.41) is 3.70. The summed E-state index contributed by atoms with van der Waals surface area (Å²) in [6.45, 7) is 11.7. The molecule has 2 fully saturated rings. The molecule has 0 radical (unpaired) electrons. The van der Waals surface area contributed by atoms with Crippen LogP contribution in [0.15, 0.2) is 0 Å². The van der Waals surface area contributed by atoms with Gasteiger partial charge in [0.2, 0.25) is 0 Å². The topological polar surface area (TPSA) is 18.5 Å². The molecule has 3 nitrogen and oxygen atoms in total. The Balaban J connectivity index is 2.02. The van der Waals surface area contributed by atoms with Crippen molar-refractivity contribution in [1.82, 2.24) is 15.1 Å². The fourth-order valence-corrected chi connectivity index (χ4v) is 2.64. The van der Waals surface area contributed by atoms with Gasteiger partial charge in [-0.05, 0) is 27.8 Å². The van der Waals surface area contributed by atoms with Gasteiger partial charge in [-0.25, -0.2) is 0 Å². The fourth-order valence-electron chi connectivity index (χ4n) is 2.64. The zero-order chi connectivity index (χ0) is 10.3. The molecule has 2 aliphatic rings. The summed E-state index contributed by atoms with van der Waals surface area (Å²) in [5.41, 5.74) is 0.328. The predicted molar refractivity (Wildman–Crippen MR) is 59.5 cm³/mol. The minimum absolute atomic E-state index is 0.328. The second-order valence-electron chi connectivity index (χ2n) is 5.86. The lowest BCUT2D eigenvalue weighted by atomic mass is 9.97. The van der Waals surface area contributed by atoms with Gasteiger partial charge in [-0.3, -0.25) is 4.90 Å². The van der Waals surface area contributed by atoms with E-state index in [-0.39, 0.29) is 0 Å². The van der Waals surface area contributed by atoms with Crippen molar-refractivity contribution < 1.29 is 0 Å². The third-order valence-corrected chi connectivity index (χ3v) is 3.37. The summed E-state index contributed by atoms with van der Waals surface area (Å²) in [6, 6.07) is 1.35. The molecule has 0 aromatic heterocycles. The summed E-state index contributed by atoms with van der Waals surface area (Å²) in [7, 11) is 2.23. The molecule has 0 aromatic carbocycles. The molecule has 0 aliphatic carbocycles. The van der Waals surface area contributed by atoms with Crippen molar-refractivity contribution >= 4 is 0 Å². The summed E-state index contributed by atoms with van der Waals surface area (Å²) in [5.74, 6) is 0. The monoisotopic (exact) mass is 197 g/mol. The van der Waals surface area contributed by atoms with E-state index in [9.17, 15) is 0 Å². The van der Waals surface area contributed by atoms with E-state index in [0.717, 1.165) is 0 Å². The van der Waals surface area contributed by atoms with Gasteiger partial charge >= 0.3 is 0 Å². The maximum atomic E-state index is 3.70. The van der Waals surface area contributed by atoms with E-state index in [4.69, 9.17) is 0 Å². The first-order chi connectivity index (χ1) is 6.45. The van der Waals surface area contributed by atoms with Crippen LogP contribution in [0.3, 0.4) is 0 Å². The van der Waals surface area contributed by atoms with Crippen LogP contribution in [0.1, 0.15) is 20.8 Å². The molecule has 0 amide bonds. The van der Waals surface area contributed by atoms with Gasteiger partial charge in [-0.1, -0.05) is 0 Å². The molecule has 3 heteroatoms. The number of hydrogen-bond acceptors (Lipinski definition) is 3. The molecule has 0 saturated carbocycles. The van der Waals surface area contributed by atoms with Crippen molar-refractivity contribution in [2.45, 2.75) is 38.4 Å². The first kappa shape index (κ1) is 10.4. The van der Waals surface area contributed by atoms with Crippen molar-refractivity contribution in [3.63, 3.8) is 0 Å². The summed E-state index contributed by atoms with van der Waals surface area (Å²) >= 11 is 0. The highest BCUT2D eigenvalue weighted by Gasteiger charge is 2.35. The van der Waals surface area contributed by atoms with Crippen LogP contribution in [0.25, 0.3) is 0 Å². The Morgan fingerprint density at radius 1 is 1.00 bits per heavy atom. The van der Waals surface area contributed by atoms with Crippen LogP contribution in [-0.2, 0) is 0 Å². The normalized spacial score (nSPS) is 36.0. The van der Waals surface area contributed by atoms with Gasteiger partial charge < -0.3 is 10.2 Å². The van der Waals surface area contributed by atoms with Crippen LogP contribution in [0.5, 0.6) is 0 Å². The molecule has 2 aliphatic heterocycles.